The van der Waals surface area contributed by atoms with E-state index in [1.54, 1.807) is 36.3 Å². The van der Waals surface area contributed by atoms with Crippen LogP contribution in [-0.2, 0) is 14.8 Å². The van der Waals surface area contributed by atoms with Gasteiger partial charge in [0.25, 0.3) is 0 Å². The van der Waals surface area contributed by atoms with E-state index in [1.165, 1.54) is 4.31 Å². The lowest BCUT2D eigenvalue weighted by Gasteiger charge is -2.50. The molecule has 3 rings (SSSR count). The largest absolute Gasteiger partial charge is 0.497 e. The lowest BCUT2D eigenvalue weighted by atomic mass is 9.81. The van der Waals surface area contributed by atoms with Gasteiger partial charge in [0.05, 0.1) is 17.5 Å². The number of piperidine rings is 2. The lowest BCUT2D eigenvalue weighted by Crippen LogP contribution is -2.61. The molecule has 2 aliphatic rings. The van der Waals surface area contributed by atoms with Gasteiger partial charge >= 0.3 is 0 Å². The highest BCUT2D eigenvalue weighted by molar-refractivity contribution is 7.89. The minimum Gasteiger partial charge on any atom is -0.497 e. The number of likely N-dealkylation sites (N-methyl/N-ethyl adjacent to an activating group) is 1. The number of amides is 1. The van der Waals surface area contributed by atoms with Gasteiger partial charge in [0.15, 0.2) is 0 Å². The van der Waals surface area contributed by atoms with Crippen molar-refractivity contribution in [3.05, 3.63) is 24.3 Å². The summed E-state index contributed by atoms with van der Waals surface area (Å²) < 4.78 is 32.6. The fourth-order valence-electron chi connectivity index (χ4n) is 3.82. The first-order chi connectivity index (χ1) is 11.4. The molecule has 1 amide bonds. The van der Waals surface area contributed by atoms with E-state index in [-0.39, 0.29) is 16.3 Å². The normalized spacial score (nSPS) is 25.9. The molecule has 24 heavy (non-hydrogen) atoms. The number of benzene rings is 1. The van der Waals surface area contributed by atoms with Crippen molar-refractivity contribution in [3.8, 4) is 5.75 Å². The van der Waals surface area contributed by atoms with Crippen molar-refractivity contribution in [3.63, 3.8) is 0 Å². The summed E-state index contributed by atoms with van der Waals surface area (Å²) in [6.07, 6.45) is 3.89. The summed E-state index contributed by atoms with van der Waals surface area (Å²) in [4.78, 5) is 14.2. The number of likely N-dealkylation sites (tertiary alicyclic amines) is 1. The minimum absolute atomic E-state index is 0.116. The van der Waals surface area contributed by atoms with Crippen molar-refractivity contribution in [2.24, 2.45) is 0 Å². The monoisotopic (exact) mass is 352 g/mol. The van der Waals surface area contributed by atoms with Gasteiger partial charge in [-0.1, -0.05) is 0 Å². The standard InChI is InChI=1S/C17H24N2O4S/c1-18-16(20)5-3-10-17(18)11-4-12-19(13-17)24(21,22)15-8-6-14(23-2)7-9-15/h6-9H,3-5,10-13H2,1-2H3/t17-/m0/s1. The zero-order chi connectivity index (χ0) is 17.4. The number of methoxy groups -OCH3 is 1. The summed E-state index contributed by atoms with van der Waals surface area (Å²) >= 11 is 0. The summed E-state index contributed by atoms with van der Waals surface area (Å²) in [5, 5.41) is 0. The molecule has 7 heteroatoms. The number of ether oxygens (including phenoxy) is 1. The van der Waals surface area contributed by atoms with Gasteiger partial charge in [0.1, 0.15) is 5.75 Å². The molecule has 1 aromatic carbocycles. The minimum atomic E-state index is -3.56. The topological polar surface area (TPSA) is 66.9 Å². The van der Waals surface area contributed by atoms with E-state index in [0.29, 0.717) is 25.3 Å². The van der Waals surface area contributed by atoms with Gasteiger partial charge < -0.3 is 9.64 Å². The third kappa shape index (κ3) is 2.91. The van der Waals surface area contributed by atoms with E-state index < -0.39 is 10.0 Å². The predicted octanol–water partition coefficient (Wildman–Crippen LogP) is 1.86. The summed E-state index contributed by atoms with van der Waals surface area (Å²) in [6, 6.07) is 6.46. The molecular formula is C17H24N2O4S. The van der Waals surface area contributed by atoms with Crippen LogP contribution < -0.4 is 4.74 Å². The van der Waals surface area contributed by atoms with Crippen molar-refractivity contribution in [2.45, 2.75) is 42.5 Å². The average molecular weight is 352 g/mol. The van der Waals surface area contributed by atoms with Gasteiger partial charge in [-0.05, 0) is 49.9 Å². The van der Waals surface area contributed by atoms with E-state index in [1.807, 2.05) is 7.05 Å². The molecule has 0 N–H and O–H groups in total. The molecule has 132 valence electrons. The number of sulfonamides is 1. The molecule has 0 aliphatic carbocycles. The molecule has 1 spiro atoms. The van der Waals surface area contributed by atoms with Crippen LogP contribution in [0.2, 0.25) is 0 Å². The smallest absolute Gasteiger partial charge is 0.243 e. The van der Waals surface area contributed by atoms with Crippen LogP contribution in [-0.4, -0.2) is 56.3 Å². The number of rotatable bonds is 3. The van der Waals surface area contributed by atoms with E-state index in [2.05, 4.69) is 0 Å². The summed E-state index contributed by atoms with van der Waals surface area (Å²) in [5.74, 6) is 0.742. The fraction of sp³-hybridized carbons (Fsp3) is 0.588. The second kappa shape index (κ2) is 6.37. The fourth-order valence-corrected chi connectivity index (χ4v) is 5.38. The molecule has 0 saturated carbocycles. The Morgan fingerprint density at radius 2 is 1.79 bits per heavy atom. The van der Waals surface area contributed by atoms with E-state index in [4.69, 9.17) is 4.74 Å². The Morgan fingerprint density at radius 3 is 2.46 bits per heavy atom. The number of nitrogens with zero attached hydrogens (tertiary/aromatic N) is 2. The lowest BCUT2D eigenvalue weighted by molar-refractivity contribution is -0.141. The molecule has 0 radical (unpaired) electrons. The van der Waals surface area contributed by atoms with Crippen LogP contribution in [0.1, 0.15) is 32.1 Å². The Labute approximate surface area is 143 Å². The maximum Gasteiger partial charge on any atom is 0.243 e. The molecule has 0 bridgehead atoms. The first-order valence-electron chi connectivity index (χ1n) is 8.30. The van der Waals surface area contributed by atoms with Crippen LogP contribution in [0.5, 0.6) is 5.75 Å². The number of hydrogen-bond acceptors (Lipinski definition) is 4. The first-order valence-corrected chi connectivity index (χ1v) is 9.74. The van der Waals surface area contributed by atoms with Crippen molar-refractivity contribution >= 4 is 15.9 Å². The van der Waals surface area contributed by atoms with Crippen molar-refractivity contribution in [2.75, 3.05) is 27.2 Å². The molecule has 1 aromatic rings. The van der Waals surface area contributed by atoms with Crippen molar-refractivity contribution in [1.82, 2.24) is 9.21 Å². The number of hydrogen-bond donors (Lipinski definition) is 0. The quantitative estimate of drug-likeness (QED) is 0.833. The number of carbonyl (C=O) groups excluding carboxylic acids is 1. The summed E-state index contributed by atoms with van der Waals surface area (Å²) in [6.45, 7) is 0.877. The van der Waals surface area contributed by atoms with Crippen LogP contribution >= 0.6 is 0 Å². The van der Waals surface area contributed by atoms with Crippen LogP contribution in [0.3, 0.4) is 0 Å². The molecule has 0 aromatic heterocycles. The van der Waals surface area contributed by atoms with Crippen LogP contribution in [0, 0.1) is 0 Å². The van der Waals surface area contributed by atoms with Gasteiger partial charge in [0, 0.05) is 26.6 Å². The maximum atomic E-state index is 13.0. The third-order valence-corrected chi connectivity index (χ3v) is 7.20. The highest BCUT2D eigenvalue weighted by Gasteiger charge is 2.45. The number of carbonyl (C=O) groups is 1. The highest BCUT2D eigenvalue weighted by Crippen LogP contribution is 2.37. The summed E-state index contributed by atoms with van der Waals surface area (Å²) in [7, 11) is -0.204. The van der Waals surface area contributed by atoms with Crippen molar-refractivity contribution < 1.29 is 17.9 Å². The zero-order valence-electron chi connectivity index (χ0n) is 14.2. The molecule has 1 atom stereocenters. The molecule has 2 aliphatic heterocycles. The summed E-state index contributed by atoms with van der Waals surface area (Å²) in [5.41, 5.74) is -0.354. The Morgan fingerprint density at radius 1 is 1.12 bits per heavy atom. The predicted molar refractivity (Wildman–Crippen MR) is 90.3 cm³/mol. The Hall–Kier alpha value is -1.60. The van der Waals surface area contributed by atoms with Crippen molar-refractivity contribution in [1.29, 1.82) is 0 Å². The van der Waals surface area contributed by atoms with E-state index in [0.717, 1.165) is 25.7 Å². The van der Waals surface area contributed by atoms with Gasteiger partial charge in [-0.2, -0.15) is 4.31 Å². The molecule has 2 fully saturated rings. The Kier molecular flexibility index (Phi) is 4.57. The Bertz CT molecular complexity index is 713. The highest BCUT2D eigenvalue weighted by atomic mass is 32.2. The Balaban J connectivity index is 1.86. The molecule has 2 saturated heterocycles. The average Bonchev–Trinajstić information content (AvgIpc) is 2.60. The molecular weight excluding hydrogens is 328 g/mol. The maximum absolute atomic E-state index is 13.0. The third-order valence-electron chi connectivity index (χ3n) is 5.34. The SMILES string of the molecule is COc1ccc(S(=O)(=O)N2CCC[C@@]3(CCCC(=O)N3C)C2)cc1. The second-order valence-electron chi connectivity index (χ2n) is 6.65. The molecule has 6 nitrogen and oxygen atoms in total. The van der Waals surface area contributed by atoms with Gasteiger partial charge in [-0.3, -0.25) is 4.79 Å². The van der Waals surface area contributed by atoms with E-state index in [9.17, 15) is 13.2 Å². The second-order valence-corrected chi connectivity index (χ2v) is 8.59. The van der Waals surface area contributed by atoms with Crippen LogP contribution in [0.15, 0.2) is 29.2 Å². The van der Waals surface area contributed by atoms with Crippen LogP contribution in [0.4, 0.5) is 0 Å². The molecule has 0 unspecified atom stereocenters. The van der Waals surface area contributed by atoms with Gasteiger partial charge in [0.2, 0.25) is 15.9 Å². The van der Waals surface area contributed by atoms with E-state index >= 15 is 0 Å². The zero-order valence-corrected chi connectivity index (χ0v) is 15.0. The van der Waals surface area contributed by atoms with Gasteiger partial charge in [-0.15, -0.1) is 0 Å². The van der Waals surface area contributed by atoms with Crippen LogP contribution in [0.25, 0.3) is 0 Å². The molecule has 2 heterocycles. The van der Waals surface area contributed by atoms with Gasteiger partial charge in [-0.25, -0.2) is 8.42 Å². The first kappa shape index (κ1) is 17.2.